The molecule has 1 heterocycles. The molecule has 180 valence electrons. The molecule has 11 heteroatoms. The van der Waals surface area contributed by atoms with Gasteiger partial charge < -0.3 is 9.64 Å². The predicted octanol–water partition coefficient (Wildman–Crippen LogP) is 5.12. The van der Waals surface area contributed by atoms with Crippen molar-refractivity contribution in [2.45, 2.75) is 70.1 Å². The van der Waals surface area contributed by atoms with E-state index in [9.17, 15) is 35.9 Å². The highest BCUT2D eigenvalue weighted by Gasteiger charge is 2.50. The molecule has 0 bridgehead atoms. The van der Waals surface area contributed by atoms with E-state index in [1.54, 1.807) is 30.3 Å². The maximum Gasteiger partial charge on any atom is 0.411 e. The summed E-state index contributed by atoms with van der Waals surface area (Å²) in [5.74, 6) is -1.92. The Morgan fingerprint density at radius 3 is 2.09 bits per heavy atom. The van der Waals surface area contributed by atoms with E-state index in [4.69, 9.17) is 4.74 Å². The van der Waals surface area contributed by atoms with Gasteiger partial charge >= 0.3 is 18.4 Å². The first-order chi connectivity index (χ1) is 14.5. The third kappa shape index (κ3) is 7.03. The quantitative estimate of drug-likeness (QED) is 0.577. The third-order valence-electron chi connectivity index (χ3n) is 5.05. The fraction of sp³-hybridized carbons (Fsp3) is 0.619. The average molecular weight is 468 g/mol. The summed E-state index contributed by atoms with van der Waals surface area (Å²) in [4.78, 5) is 26.3. The van der Waals surface area contributed by atoms with Crippen molar-refractivity contribution in [1.82, 2.24) is 9.80 Å². The van der Waals surface area contributed by atoms with Crippen LogP contribution in [0.1, 0.15) is 45.6 Å². The van der Waals surface area contributed by atoms with E-state index in [0.29, 0.717) is 10.5 Å². The Labute approximate surface area is 182 Å². The summed E-state index contributed by atoms with van der Waals surface area (Å²) in [5.41, 5.74) is -0.614. The first-order valence-corrected chi connectivity index (χ1v) is 9.97. The number of ether oxygens (including phenoxy) is 1. The van der Waals surface area contributed by atoms with E-state index in [0.717, 1.165) is 0 Å². The number of piperidine rings is 1. The van der Waals surface area contributed by atoms with Crippen LogP contribution < -0.4 is 0 Å². The molecule has 1 fully saturated rings. The van der Waals surface area contributed by atoms with Gasteiger partial charge in [-0.15, -0.1) is 0 Å². The van der Waals surface area contributed by atoms with Crippen LogP contribution in [0.3, 0.4) is 0 Å². The van der Waals surface area contributed by atoms with Gasteiger partial charge in [-0.1, -0.05) is 30.3 Å². The molecule has 1 saturated heterocycles. The van der Waals surface area contributed by atoms with E-state index >= 15 is 0 Å². The van der Waals surface area contributed by atoms with Crippen molar-refractivity contribution >= 4 is 12.0 Å². The molecule has 3 atom stereocenters. The predicted molar refractivity (Wildman–Crippen MR) is 104 cm³/mol. The van der Waals surface area contributed by atoms with Crippen LogP contribution in [0.15, 0.2) is 30.3 Å². The minimum Gasteiger partial charge on any atom is -0.444 e. The molecule has 32 heavy (non-hydrogen) atoms. The number of alkyl halides is 6. The van der Waals surface area contributed by atoms with Crippen LogP contribution in [0.25, 0.3) is 0 Å². The lowest BCUT2D eigenvalue weighted by atomic mass is 9.81. The number of carbonyl (C=O) groups is 2. The van der Waals surface area contributed by atoms with Crippen molar-refractivity contribution in [2.24, 2.45) is 0 Å². The van der Waals surface area contributed by atoms with Gasteiger partial charge in [-0.2, -0.15) is 26.3 Å². The van der Waals surface area contributed by atoms with Crippen LogP contribution in [0.5, 0.6) is 0 Å². The van der Waals surface area contributed by atoms with Crippen LogP contribution in [0, 0.1) is 0 Å². The standard InChI is InChI=1S/C21H26F6N2O3/c1-13-15(14-8-6-5-7-9-14)10-16(17(30)28(13)11-20(22,23)24)29(12-21(25,26)27)18(31)32-19(2,3)4/h5-9,13,15-16H,10-12H2,1-4H3/t13-,15-,16?/m1/s1. The second kappa shape index (κ2) is 9.19. The van der Waals surface area contributed by atoms with Crippen molar-refractivity contribution in [3.05, 3.63) is 35.9 Å². The molecule has 0 aliphatic carbocycles. The molecule has 1 aromatic carbocycles. The zero-order valence-corrected chi connectivity index (χ0v) is 18.1. The highest BCUT2D eigenvalue weighted by atomic mass is 19.4. The van der Waals surface area contributed by atoms with Gasteiger partial charge in [0.15, 0.2) is 0 Å². The van der Waals surface area contributed by atoms with Crippen LogP contribution in [0.4, 0.5) is 31.1 Å². The van der Waals surface area contributed by atoms with Crippen molar-refractivity contribution < 1.29 is 40.7 Å². The summed E-state index contributed by atoms with van der Waals surface area (Å²) in [6, 6.07) is 5.50. The summed E-state index contributed by atoms with van der Waals surface area (Å²) >= 11 is 0. The smallest absolute Gasteiger partial charge is 0.411 e. The molecule has 2 rings (SSSR count). The number of rotatable bonds is 4. The number of amides is 2. The fourth-order valence-corrected chi connectivity index (χ4v) is 3.75. The van der Waals surface area contributed by atoms with E-state index in [1.807, 2.05) is 0 Å². The molecule has 1 unspecified atom stereocenters. The van der Waals surface area contributed by atoms with E-state index in [-0.39, 0.29) is 11.3 Å². The number of benzene rings is 1. The van der Waals surface area contributed by atoms with Gasteiger partial charge in [0.05, 0.1) is 0 Å². The zero-order chi connectivity index (χ0) is 24.5. The number of nitrogens with zero attached hydrogens (tertiary/aromatic N) is 2. The largest absolute Gasteiger partial charge is 0.444 e. The van der Waals surface area contributed by atoms with Gasteiger partial charge in [0.25, 0.3) is 0 Å². The summed E-state index contributed by atoms with van der Waals surface area (Å²) < 4.78 is 84.6. The maximum atomic E-state index is 13.3. The molecular weight excluding hydrogens is 442 g/mol. The number of carbonyl (C=O) groups excluding carboxylic acids is 2. The lowest BCUT2D eigenvalue weighted by molar-refractivity contribution is -0.179. The first kappa shape index (κ1) is 25.8. The Morgan fingerprint density at radius 2 is 1.62 bits per heavy atom. The van der Waals surface area contributed by atoms with Gasteiger partial charge in [0.1, 0.15) is 24.7 Å². The van der Waals surface area contributed by atoms with E-state index in [2.05, 4.69) is 0 Å². The molecule has 0 N–H and O–H groups in total. The fourth-order valence-electron chi connectivity index (χ4n) is 3.75. The highest BCUT2D eigenvalue weighted by molar-refractivity contribution is 5.87. The topological polar surface area (TPSA) is 49.9 Å². The minimum atomic E-state index is -4.89. The molecule has 1 aromatic rings. The van der Waals surface area contributed by atoms with Crippen LogP contribution >= 0.6 is 0 Å². The third-order valence-corrected chi connectivity index (χ3v) is 5.05. The second-order valence-corrected chi connectivity index (χ2v) is 8.81. The van der Waals surface area contributed by atoms with Crippen molar-refractivity contribution in [3.63, 3.8) is 0 Å². The summed E-state index contributed by atoms with van der Waals surface area (Å²) in [5, 5.41) is 0. The first-order valence-electron chi connectivity index (χ1n) is 9.97. The summed E-state index contributed by atoms with van der Waals surface area (Å²) in [6.45, 7) is 2.26. The maximum absolute atomic E-state index is 13.3. The van der Waals surface area contributed by atoms with E-state index in [1.165, 1.54) is 27.7 Å². The highest BCUT2D eigenvalue weighted by Crippen LogP contribution is 2.38. The molecule has 2 amide bonds. The van der Waals surface area contributed by atoms with Crippen LogP contribution in [0.2, 0.25) is 0 Å². The number of halogens is 6. The normalized spacial score (nSPS) is 22.6. The Hall–Kier alpha value is -2.46. The number of likely N-dealkylation sites (tertiary alicyclic amines) is 1. The lowest BCUT2D eigenvalue weighted by Crippen LogP contribution is -2.62. The van der Waals surface area contributed by atoms with Gasteiger partial charge in [-0.3, -0.25) is 9.69 Å². The Morgan fingerprint density at radius 1 is 1.06 bits per heavy atom. The average Bonchev–Trinajstić information content (AvgIpc) is 2.61. The van der Waals surface area contributed by atoms with Crippen molar-refractivity contribution in [3.8, 4) is 0 Å². The molecule has 0 saturated carbocycles. The molecule has 0 aromatic heterocycles. The Bertz CT molecular complexity index is 804. The van der Waals surface area contributed by atoms with Gasteiger partial charge in [-0.25, -0.2) is 4.79 Å². The van der Waals surface area contributed by atoms with Gasteiger partial charge in [-0.05, 0) is 39.7 Å². The van der Waals surface area contributed by atoms with E-state index < -0.39 is 61.0 Å². The number of hydrogen-bond donors (Lipinski definition) is 0. The summed E-state index contributed by atoms with van der Waals surface area (Å²) in [6.07, 6.45) is -11.3. The van der Waals surface area contributed by atoms with Gasteiger partial charge in [0, 0.05) is 12.0 Å². The minimum absolute atomic E-state index is 0.193. The van der Waals surface area contributed by atoms with Crippen LogP contribution in [-0.2, 0) is 9.53 Å². The molecule has 0 radical (unpaired) electrons. The molecule has 5 nitrogen and oxygen atoms in total. The zero-order valence-electron chi connectivity index (χ0n) is 18.1. The second-order valence-electron chi connectivity index (χ2n) is 8.81. The van der Waals surface area contributed by atoms with Crippen molar-refractivity contribution in [1.29, 1.82) is 0 Å². The van der Waals surface area contributed by atoms with Gasteiger partial charge in [0.2, 0.25) is 5.91 Å². The molecule has 1 aliphatic heterocycles. The van der Waals surface area contributed by atoms with Crippen molar-refractivity contribution in [2.75, 3.05) is 13.1 Å². The molecular formula is C21H26F6N2O3. The monoisotopic (exact) mass is 468 g/mol. The SMILES string of the molecule is C[C@@H]1[C@H](c2ccccc2)CC(N(CC(F)(F)F)C(=O)OC(C)(C)C)C(=O)N1CC(F)(F)F. The number of hydrogen-bond acceptors (Lipinski definition) is 3. The molecule has 1 aliphatic rings. The lowest BCUT2D eigenvalue weighted by Gasteiger charge is -2.46. The molecule has 0 spiro atoms. The Kier molecular flexibility index (Phi) is 7.41. The van der Waals surface area contributed by atoms with Crippen LogP contribution in [-0.4, -0.2) is 64.9 Å². The Balaban J connectivity index is 2.51. The summed E-state index contributed by atoms with van der Waals surface area (Å²) in [7, 11) is 0.